The second-order valence-corrected chi connectivity index (χ2v) is 5.63. The van der Waals surface area contributed by atoms with Crippen LogP contribution in [0.25, 0.3) is 0 Å². The number of benzene rings is 1. The maximum atomic E-state index is 13.3. The number of hydrogen-bond donors (Lipinski definition) is 1. The second-order valence-electron chi connectivity index (χ2n) is 5.63. The van der Waals surface area contributed by atoms with Crippen molar-refractivity contribution in [2.24, 2.45) is 0 Å². The van der Waals surface area contributed by atoms with E-state index in [1.807, 2.05) is 0 Å². The van der Waals surface area contributed by atoms with Gasteiger partial charge in [0.05, 0.1) is 18.8 Å². The van der Waals surface area contributed by atoms with Gasteiger partial charge in [0.15, 0.2) is 0 Å². The Bertz CT molecular complexity index is 805. The molecule has 1 aliphatic heterocycles. The summed E-state index contributed by atoms with van der Waals surface area (Å²) in [4.78, 5) is 16.2. The van der Waals surface area contributed by atoms with E-state index in [-0.39, 0.29) is 23.2 Å². The second kappa shape index (κ2) is 7.28. The van der Waals surface area contributed by atoms with E-state index < -0.39 is 23.5 Å². The average molecular weight is 370 g/mol. The predicted octanol–water partition coefficient (Wildman–Crippen LogP) is 3.66. The van der Waals surface area contributed by atoms with Crippen molar-refractivity contribution in [3.05, 3.63) is 53.5 Å². The van der Waals surface area contributed by atoms with Crippen LogP contribution in [0.15, 0.2) is 36.5 Å². The number of nitrogens with one attached hydrogen (secondary N) is 1. The van der Waals surface area contributed by atoms with Gasteiger partial charge in [-0.15, -0.1) is 0 Å². The molecule has 1 amide bonds. The van der Waals surface area contributed by atoms with Crippen molar-refractivity contribution in [2.45, 2.75) is 18.7 Å². The topological polar surface area (TPSA) is 60.5 Å². The Labute approximate surface area is 145 Å². The lowest BCUT2D eigenvalue weighted by Gasteiger charge is -2.12. The summed E-state index contributed by atoms with van der Waals surface area (Å²) in [6.45, 7) is 1.00. The average Bonchev–Trinajstić information content (AvgIpc) is 3.09. The number of alkyl halides is 3. The van der Waals surface area contributed by atoms with Gasteiger partial charge >= 0.3 is 6.18 Å². The lowest BCUT2D eigenvalue weighted by atomic mass is 10.1. The van der Waals surface area contributed by atoms with Gasteiger partial charge in [-0.2, -0.15) is 13.2 Å². The molecule has 3 rings (SSSR count). The Hall–Kier alpha value is -2.68. The van der Waals surface area contributed by atoms with Crippen molar-refractivity contribution in [3.8, 4) is 5.88 Å². The summed E-state index contributed by atoms with van der Waals surface area (Å²) >= 11 is 0. The molecule has 5 nitrogen and oxygen atoms in total. The van der Waals surface area contributed by atoms with Crippen LogP contribution >= 0.6 is 0 Å². The van der Waals surface area contributed by atoms with E-state index in [0.717, 1.165) is 6.07 Å². The summed E-state index contributed by atoms with van der Waals surface area (Å²) in [7, 11) is 0. The fraction of sp³-hybridized carbons (Fsp3) is 0.294. The first-order valence-electron chi connectivity index (χ1n) is 7.71. The summed E-state index contributed by atoms with van der Waals surface area (Å²) < 4.78 is 62.3. The highest BCUT2D eigenvalue weighted by Crippen LogP contribution is 2.33. The molecule has 0 unspecified atom stereocenters. The predicted molar refractivity (Wildman–Crippen MR) is 83.4 cm³/mol. The number of nitrogens with zero attached hydrogens (tertiary/aromatic N) is 1. The molecule has 0 saturated carbocycles. The van der Waals surface area contributed by atoms with Gasteiger partial charge < -0.3 is 14.8 Å². The molecule has 0 bridgehead atoms. The van der Waals surface area contributed by atoms with E-state index in [1.165, 1.54) is 18.3 Å². The molecule has 26 heavy (non-hydrogen) atoms. The zero-order valence-electron chi connectivity index (χ0n) is 13.3. The fourth-order valence-electron chi connectivity index (χ4n) is 2.42. The SMILES string of the molecule is O=C(Nc1ccc(F)c(C(F)(F)F)c1)c1ccnc(O[C@@H]2CCOC2)c1. The van der Waals surface area contributed by atoms with E-state index >= 15 is 0 Å². The standard InChI is InChI=1S/C17H14F4N2O3/c18-14-2-1-11(8-13(14)17(19,20)21)23-16(24)10-3-5-22-15(7-10)26-12-4-6-25-9-12/h1-3,5,7-8,12H,4,6,9H2,(H,23,24)/t12-/m1/s1. The van der Waals surface area contributed by atoms with Gasteiger partial charge in [0.25, 0.3) is 5.91 Å². The molecular weight excluding hydrogens is 356 g/mol. The van der Waals surface area contributed by atoms with Crippen LogP contribution in [0.5, 0.6) is 5.88 Å². The minimum atomic E-state index is -4.86. The third-order valence-corrected chi connectivity index (χ3v) is 3.70. The van der Waals surface area contributed by atoms with Gasteiger partial charge in [-0.25, -0.2) is 9.37 Å². The molecule has 0 radical (unpaired) electrons. The monoisotopic (exact) mass is 370 g/mol. The molecule has 1 saturated heterocycles. The highest BCUT2D eigenvalue weighted by molar-refractivity contribution is 6.04. The van der Waals surface area contributed by atoms with E-state index in [1.54, 1.807) is 0 Å². The molecule has 2 heterocycles. The van der Waals surface area contributed by atoms with Crippen LogP contribution < -0.4 is 10.1 Å². The molecule has 0 aliphatic carbocycles. The highest BCUT2D eigenvalue weighted by Gasteiger charge is 2.34. The van der Waals surface area contributed by atoms with Crippen molar-refractivity contribution in [1.29, 1.82) is 0 Å². The van der Waals surface area contributed by atoms with Crippen LogP contribution in [-0.2, 0) is 10.9 Å². The van der Waals surface area contributed by atoms with Crippen LogP contribution in [0.2, 0.25) is 0 Å². The van der Waals surface area contributed by atoms with Crippen LogP contribution in [-0.4, -0.2) is 30.2 Å². The van der Waals surface area contributed by atoms with Gasteiger partial charge in [-0.3, -0.25) is 4.79 Å². The lowest BCUT2D eigenvalue weighted by Crippen LogP contribution is -2.18. The van der Waals surface area contributed by atoms with Crippen LogP contribution in [0, 0.1) is 5.82 Å². The zero-order chi connectivity index (χ0) is 18.7. The van der Waals surface area contributed by atoms with Gasteiger partial charge in [0, 0.05) is 29.9 Å². The number of ether oxygens (including phenoxy) is 2. The number of rotatable bonds is 4. The number of aromatic nitrogens is 1. The third kappa shape index (κ3) is 4.29. The molecule has 9 heteroatoms. The van der Waals surface area contributed by atoms with Crippen molar-refractivity contribution in [3.63, 3.8) is 0 Å². The summed E-state index contributed by atoms with van der Waals surface area (Å²) in [6, 6.07) is 5.02. The Morgan fingerprint density at radius 3 is 2.77 bits per heavy atom. The molecule has 2 aromatic rings. The number of anilines is 1. The number of pyridine rings is 1. The van der Waals surface area contributed by atoms with Gasteiger partial charge in [-0.05, 0) is 24.3 Å². The Kier molecular flexibility index (Phi) is 5.08. The number of amides is 1. The first-order valence-corrected chi connectivity index (χ1v) is 7.71. The zero-order valence-corrected chi connectivity index (χ0v) is 13.3. The normalized spacial score (nSPS) is 17.2. The Morgan fingerprint density at radius 2 is 2.08 bits per heavy atom. The van der Waals surface area contributed by atoms with Gasteiger partial charge in [0.2, 0.25) is 5.88 Å². The van der Waals surface area contributed by atoms with Crippen LogP contribution in [0.3, 0.4) is 0 Å². The van der Waals surface area contributed by atoms with Crippen molar-refractivity contribution in [2.75, 3.05) is 18.5 Å². The Morgan fingerprint density at radius 1 is 1.27 bits per heavy atom. The van der Waals surface area contributed by atoms with Gasteiger partial charge in [-0.1, -0.05) is 0 Å². The molecule has 138 valence electrons. The van der Waals surface area contributed by atoms with E-state index in [2.05, 4.69) is 10.3 Å². The first kappa shape index (κ1) is 18.1. The van der Waals surface area contributed by atoms with Gasteiger partial charge in [0.1, 0.15) is 11.9 Å². The summed E-state index contributed by atoms with van der Waals surface area (Å²) in [5.41, 5.74) is -1.48. The summed E-state index contributed by atoms with van der Waals surface area (Å²) in [5, 5.41) is 2.31. The molecule has 0 spiro atoms. The van der Waals surface area contributed by atoms with Crippen molar-refractivity contribution < 1.29 is 31.8 Å². The van der Waals surface area contributed by atoms with Crippen molar-refractivity contribution >= 4 is 11.6 Å². The quantitative estimate of drug-likeness (QED) is 0.835. The van der Waals surface area contributed by atoms with E-state index in [9.17, 15) is 22.4 Å². The van der Waals surface area contributed by atoms with Crippen LogP contribution in [0.4, 0.5) is 23.2 Å². The highest BCUT2D eigenvalue weighted by atomic mass is 19.4. The van der Waals surface area contributed by atoms with E-state index in [0.29, 0.717) is 31.8 Å². The maximum absolute atomic E-state index is 13.3. The molecule has 1 aromatic heterocycles. The smallest absolute Gasteiger partial charge is 0.419 e. The lowest BCUT2D eigenvalue weighted by molar-refractivity contribution is -0.139. The van der Waals surface area contributed by atoms with Crippen molar-refractivity contribution in [1.82, 2.24) is 4.98 Å². The largest absolute Gasteiger partial charge is 0.472 e. The first-order chi connectivity index (χ1) is 12.3. The molecule has 1 fully saturated rings. The number of carbonyl (C=O) groups excluding carboxylic acids is 1. The van der Waals surface area contributed by atoms with Crippen LogP contribution in [0.1, 0.15) is 22.3 Å². The minimum absolute atomic E-state index is 0.145. The molecule has 1 atom stereocenters. The number of hydrogen-bond acceptors (Lipinski definition) is 4. The fourth-order valence-corrected chi connectivity index (χ4v) is 2.42. The molecular formula is C17H14F4N2O3. The summed E-state index contributed by atoms with van der Waals surface area (Å²) in [6.07, 6.45) is -2.96. The van der Waals surface area contributed by atoms with E-state index in [4.69, 9.17) is 9.47 Å². The maximum Gasteiger partial charge on any atom is 0.419 e. The number of halogens is 4. The molecule has 1 aliphatic rings. The summed E-state index contributed by atoms with van der Waals surface area (Å²) in [5.74, 6) is -1.86. The number of carbonyl (C=O) groups is 1. The molecule has 1 aromatic carbocycles. The Balaban J connectivity index is 1.74. The third-order valence-electron chi connectivity index (χ3n) is 3.70. The minimum Gasteiger partial charge on any atom is -0.472 e. The molecule has 1 N–H and O–H groups in total.